The van der Waals surface area contributed by atoms with Crippen LogP contribution in [0.15, 0.2) is 194 Å². The summed E-state index contributed by atoms with van der Waals surface area (Å²) in [6, 6.07) is 71.0. The van der Waals surface area contributed by atoms with Gasteiger partial charge in [-0.1, -0.05) is 133 Å². The SMILES string of the molecule is c1ccc(-c2ccc(N(c3ccc4c(c3)c3ccccc3n4-c3ccccc3)c3cccc4c3sc3cc5ccccc5cc34)c3ccccc23)cc1. The van der Waals surface area contributed by atoms with Crippen molar-refractivity contribution in [3.63, 3.8) is 0 Å². The van der Waals surface area contributed by atoms with Gasteiger partial charge in [-0.05, 0) is 87.9 Å². The normalized spacial score (nSPS) is 11.8. The summed E-state index contributed by atoms with van der Waals surface area (Å²) in [7, 11) is 0. The highest BCUT2D eigenvalue weighted by Crippen LogP contribution is 2.49. The molecule has 3 heteroatoms. The van der Waals surface area contributed by atoms with Crippen LogP contribution in [0, 0.1) is 0 Å². The minimum absolute atomic E-state index is 1.13. The van der Waals surface area contributed by atoms with E-state index in [1.807, 2.05) is 11.3 Å². The van der Waals surface area contributed by atoms with Crippen molar-refractivity contribution in [2.24, 2.45) is 0 Å². The topological polar surface area (TPSA) is 8.17 Å². The Bertz CT molecular complexity index is 3170. The third-order valence-corrected chi connectivity index (χ3v) is 11.9. The monoisotopic (exact) mass is 692 g/mol. The summed E-state index contributed by atoms with van der Waals surface area (Å²) in [5.41, 5.74) is 9.46. The van der Waals surface area contributed by atoms with Crippen molar-refractivity contribution in [1.82, 2.24) is 4.57 Å². The van der Waals surface area contributed by atoms with Crippen LogP contribution >= 0.6 is 11.3 Å². The van der Waals surface area contributed by atoms with E-state index in [0.29, 0.717) is 0 Å². The Morgan fingerprint density at radius 3 is 1.89 bits per heavy atom. The fourth-order valence-corrected chi connectivity index (χ4v) is 9.59. The molecule has 2 nitrogen and oxygen atoms in total. The first-order chi connectivity index (χ1) is 26.3. The van der Waals surface area contributed by atoms with Gasteiger partial charge in [-0.3, -0.25) is 0 Å². The van der Waals surface area contributed by atoms with Gasteiger partial charge in [0.05, 0.1) is 27.1 Å². The average molecular weight is 693 g/mol. The Morgan fingerprint density at radius 1 is 0.396 bits per heavy atom. The van der Waals surface area contributed by atoms with Gasteiger partial charge in [0.1, 0.15) is 0 Å². The molecule has 9 aromatic carbocycles. The van der Waals surface area contributed by atoms with Gasteiger partial charge in [0.25, 0.3) is 0 Å². The Balaban J connectivity index is 1.22. The lowest BCUT2D eigenvalue weighted by Gasteiger charge is -2.28. The molecule has 0 saturated carbocycles. The second kappa shape index (κ2) is 11.9. The van der Waals surface area contributed by atoms with E-state index in [2.05, 4.69) is 204 Å². The van der Waals surface area contributed by atoms with Gasteiger partial charge >= 0.3 is 0 Å². The van der Waals surface area contributed by atoms with Crippen LogP contribution in [0.4, 0.5) is 17.1 Å². The van der Waals surface area contributed by atoms with Crippen LogP contribution in [0.2, 0.25) is 0 Å². The highest BCUT2D eigenvalue weighted by molar-refractivity contribution is 7.26. The van der Waals surface area contributed by atoms with Crippen molar-refractivity contribution in [1.29, 1.82) is 0 Å². The van der Waals surface area contributed by atoms with Crippen molar-refractivity contribution >= 4 is 91.9 Å². The number of para-hydroxylation sites is 2. The van der Waals surface area contributed by atoms with Crippen LogP contribution in [0.3, 0.4) is 0 Å². The Hall–Kier alpha value is -6.68. The highest BCUT2D eigenvalue weighted by atomic mass is 32.1. The molecule has 2 heterocycles. The summed E-state index contributed by atoms with van der Waals surface area (Å²) in [5.74, 6) is 0. The summed E-state index contributed by atoms with van der Waals surface area (Å²) in [6.07, 6.45) is 0. The van der Waals surface area contributed by atoms with Crippen molar-refractivity contribution in [2.45, 2.75) is 0 Å². The molecule has 0 bridgehead atoms. The summed E-state index contributed by atoms with van der Waals surface area (Å²) in [5, 5.41) is 10.0. The second-order valence-electron chi connectivity index (χ2n) is 13.7. The molecule has 0 aliphatic rings. The zero-order valence-corrected chi connectivity index (χ0v) is 29.6. The molecule has 0 aliphatic carbocycles. The molecule has 0 spiro atoms. The van der Waals surface area contributed by atoms with Crippen LogP contribution in [-0.4, -0.2) is 4.57 Å². The number of aromatic nitrogens is 1. The van der Waals surface area contributed by atoms with Crippen LogP contribution in [0.5, 0.6) is 0 Å². The van der Waals surface area contributed by atoms with E-state index >= 15 is 0 Å². The number of hydrogen-bond donors (Lipinski definition) is 0. The minimum atomic E-state index is 1.13. The fraction of sp³-hybridized carbons (Fsp3) is 0. The van der Waals surface area contributed by atoms with Crippen LogP contribution in [-0.2, 0) is 0 Å². The maximum absolute atomic E-state index is 2.50. The molecule has 2 aromatic heterocycles. The number of thiophene rings is 1. The Morgan fingerprint density at radius 2 is 1.06 bits per heavy atom. The lowest BCUT2D eigenvalue weighted by molar-refractivity contribution is 1.18. The molecule has 11 rings (SSSR count). The number of hydrogen-bond acceptors (Lipinski definition) is 2. The number of nitrogens with zero attached hydrogens (tertiary/aromatic N) is 2. The average Bonchev–Trinajstić information content (AvgIpc) is 3.76. The van der Waals surface area contributed by atoms with E-state index in [4.69, 9.17) is 0 Å². The first kappa shape index (κ1) is 30.0. The van der Waals surface area contributed by atoms with E-state index < -0.39 is 0 Å². The van der Waals surface area contributed by atoms with E-state index in [0.717, 1.165) is 17.1 Å². The predicted octanol–water partition coefficient (Wildman–Crippen LogP) is 14.6. The van der Waals surface area contributed by atoms with Crippen molar-refractivity contribution in [3.05, 3.63) is 194 Å². The minimum Gasteiger partial charge on any atom is -0.309 e. The summed E-state index contributed by atoms with van der Waals surface area (Å²) < 4.78 is 4.97. The Labute approximate surface area is 311 Å². The molecule has 0 atom stereocenters. The molecule has 0 saturated heterocycles. The standard InChI is InChI=1S/C50H32N2S/c1-3-14-33(15-4-1)38-27-29-46(40-21-10-9-20-39(38)40)52(48-25-13-23-42-44-30-34-16-7-8-17-35(34)31-49(44)53-50(42)48)37-26-28-47-43(32-37)41-22-11-12-24-45(41)51(47)36-18-5-2-6-19-36/h1-32H. The van der Waals surface area contributed by atoms with Crippen LogP contribution in [0.25, 0.3) is 80.3 Å². The number of rotatable bonds is 5. The number of benzene rings is 9. The smallest absolute Gasteiger partial charge is 0.0640 e. The zero-order chi connectivity index (χ0) is 34.9. The second-order valence-corrected chi connectivity index (χ2v) is 14.8. The van der Waals surface area contributed by atoms with Gasteiger partial charge in [0.2, 0.25) is 0 Å². The first-order valence-corrected chi connectivity index (χ1v) is 18.9. The molecular weight excluding hydrogens is 661 g/mol. The third-order valence-electron chi connectivity index (χ3n) is 10.7. The molecule has 11 aromatic rings. The molecule has 0 fully saturated rings. The summed E-state index contributed by atoms with van der Waals surface area (Å²) in [4.78, 5) is 2.50. The zero-order valence-electron chi connectivity index (χ0n) is 28.8. The van der Waals surface area contributed by atoms with Gasteiger partial charge < -0.3 is 9.47 Å². The number of fused-ring (bicyclic) bond motifs is 8. The van der Waals surface area contributed by atoms with Crippen molar-refractivity contribution in [2.75, 3.05) is 4.90 Å². The van der Waals surface area contributed by atoms with E-state index in [-0.39, 0.29) is 0 Å². The van der Waals surface area contributed by atoms with Gasteiger partial charge in [0.15, 0.2) is 0 Å². The molecule has 248 valence electrons. The fourth-order valence-electron chi connectivity index (χ4n) is 8.36. The lowest BCUT2D eigenvalue weighted by atomic mass is 9.96. The largest absolute Gasteiger partial charge is 0.309 e. The van der Waals surface area contributed by atoms with Gasteiger partial charge in [0, 0.05) is 43.0 Å². The molecule has 0 N–H and O–H groups in total. The van der Waals surface area contributed by atoms with Gasteiger partial charge in [-0.2, -0.15) is 0 Å². The predicted molar refractivity (Wildman–Crippen MR) is 229 cm³/mol. The van der Waals surface area contributed by atoms with E-state index in [1.165, 1.54) is 80.3 Å². The summed E-state index contributed by atoms with van der Waals surface area (Å²) in [6.45, 7) is 0. The molecule has 0 unspecified atom stereocenters. The molecule has 0 radical (unpaired) electrons. The lowest BCUT2D eigenvalue weighted by Crippen LogP contribution is -2.11. The highest BCUT2D eigenvalue weighted by Gasteiger charge is 2.23. The van der Waals surface area contributed by atoms with Gasteiger partial charge in [-0.25, -0.2) is 0 Å². The van der Waals surface area contributed by atoms with Crippen molar-refractivity contribution < 1.29 is 0 Å². The molecule has 0 aliphatic heterocycles. The Kier molecular flexibility index (Phi) is 6.76. The molecule has 0 amide bonds. The maximum Gasteiger partial charge on any atom is 0.0640 e. The van der Waals surface area contributed by atoms with E-state index in [9.17, 15) is 0 Å². The quantitative estimate of drug-likeness (QED) is 0.174. The summed E-state index contributed by atoms with van der Waals surface area (Å²) >= 11 is 1.89. The van der Waals surface area contributed by atoms with Gasteiger partial charge in [-0.15, -0.1) is 11.3 Å². The first-order valence-electron chi connectivity index (χ1n) is 18.1. The van der Waals surface area contributed by atoms with Crippen LogP contribution < -0.4 is 4.90 Å². The molecule has 53 heavy (non-hydrogen) atoms. The van der Waals surface area contributed by atoms with Crippen LogP contribution in [0.1, 0.15) is 0 Å². The maximum atomic E-state index is 2.50. The van der Waals surface area contributed by atoms with Crippen molar-refractivity contribution in [3.8, 4) is 16.8 Å². The molecular formula is C50H32N2S. The van der Waals surface area contributed by atoms with E-state index in [1.54, 1.807) is 0 Å². The number of anilines is 3. The third kappa shape index (κ3) is 4.71.